The van der Waals surface area contributed by atoms with Gasteiger partial charge in [-0.2, -0.15) is 0 Å². The predicted molar refractivity (Wildman–Crippen MR) is 122 cm³/mol. The number of alkyl halides is 2. The fourth-order valence-electron chi connectivity index (χ4n) is 4.19. The Morgan fingerprint density at radius 2 is 1.65 bits per heavy atom. The number of fused-ring (bicyclic) bond motifs is 3. The van der Waals surface area contributed by atoms with Crippen LogP contribution in [0.25, 0.3) is 11.1 Å². The zero-order valence-electron chi connectivity index (χ0n) is 18.9. The number of benzene rings is 2. The summed E-state index contributed by atoms with van der Waals surface area (Å²) in [7, 11) is 0. The van der Waals surface area contributed by atoms with Gasteiger partial charge in [0.25, 0.3) is 6.43 Å². The molecule has 9 heteroatoms. The van der Waals surface area contributed by atoms with Crippen molar-refractivity contribution in [1.82, 2.24) is 10.2 Å². The van der Waals surface area contributed by atoms with E-state index in [0.29, 0.717) is 0 Å². The normalized spacial score (nSPS) is 13.2. The summed E-state index contributed by atoms with van der Waals surface area (Å²) >= 11 is 0. The fraction of sp³-hybridized carbons (Fsp3) is 0.400. The number of amides is 2. The van der Waals surface area contributed by atoms with E-state index >= 15 is 0 Å². The third-order valence-corrected chi connectivity index (χ3v) is 5.90. The zero-order valence-corrected chi connectivity index (χ0v) is 18.9. The van der Waals surface area contributed by atoms with Gasteiger partial charge in [-0.1, -0.05) is 48.5 Å². The van der Waals surface area contributed by atoms with Gasteiger partial charge in [0.2, 0.25) is 5.91 Å². The third kappa shape index (κ3) is 6.09. The molecule has 7 nitrogen and oxygen atoms in total. The first kappa shape index (κ1) is 25.1. The lowest BCUT2D eigenvalue weighted by molar-refractivity contribution is -0.138. The summed E-state index contributed by atoms with van der Waals surface area (Å²) < 4.78 is 32.4. The maximum absolute atomic E-state index is 13.6. The first-order valence-corrected chi connectivity index (χ1v) is 11.2. The highest BCUT2D eigenvalue weighted by Crippen LogP contribution is 2.44. The highest BCUT2D eigenvalue weighted by molar-refractivity contribution is 5.80. The summed E-state index contributed by atoms with van der Waals surface area (Å²) in [5, 5.41) is 10.8. The molecule has 1 aliphatic carbocycles. The lowest BCUT2D eigenvalue weighted by Gasteiger charge is -2.24. The second kappa shape index (κ2) is 11.6. The van der Waals surface area contributed by atoms with E-state index in [2.05, 4.69) is 5.32 Å². The number of hydrogen-bond acceptors (Lipinski definition) is 4. The summed E-state index contributed by atoms with van der Waals surface area (Å²) in [6.45, 7) is 2.04. The number of carbonyl (C=O) groups excluding carboxylic acids is 2. The van der Waals surface area contributed by atoms with E-state index in [1.807, 2.05) is 48.5 Å². The third-order valence-electron chi connectivity index (χ3n) is 5.90. The SMILES string of the molecule is CCN(CCCC(=O)O)C(=O)CC(NC(=O)OCC1c2ccccc2-c2ccccc21)C(F)F. The lowest BCUT2D eigenvalue weighted by Crippen LogP contribution is -2.45. The average Bonchev–Trinajstić information content (AvgIpc) is 3.13. The van der Waals surface area contributed by atoms with Crippen LogP contribution in [-0.4, -0.2) is 60.1 Å². The zero-order chi connectivity index (χ0) is 24.7. The molecule has 0 bridgehead atoms. The molecule has 3 rings (SSSR count). The molecule has 2 aromatic carbocycles. The van der Waals surface area contributed by atoms with Crippen molar-refractivity contribution in [3.05, 3.63) is 59.7 Å². The number of halogens is 2. The highest BCUT2D eigenvalue weighted by atomic mass is 19.3. The number of carbonyl (C=O) groups is 3. The molecule has 1 atom stereocenters. The number of aliphatic carboxylic acids is 1. The van der Waals surface area contributed by atoms with Crippen molar-refractivity contribution in [3.63, 3.8) is 0 Å². The second-order valence-electron chi connectivity index (χ2n) is 8.09. The maximum atomic E-state index is 13.6. The van der Waals surface area contributed by atoms with Crippen LogP contribution in [-0.2, 0) is 14.3 Å². The Morgan fingerprint density at radius 3 is 2.18 bits per heavy atom. The monoisotopic (exact) mass is 474 g/mol. The molecular formula is C25H28F2N2O5. The Morgan fingerprint density at radius 1 is 1.06 bits per heavy atom. The maximum Gasteiger partial charge on any atom is 0.407 e. The van der Waals surface area contributed by atoms with Gasteiger partial charge in [0.1, 0.15) is 12.6 Å². The van der Waals surface area contributed by atoms with Crippen molar-refractivity contribution in [2.75, 3.05) is 19.7 Å². The lowest BCUT2D eigenvalue weighted by atomic mass is 9.98. The molecule has 182 valence electrons. The van der Waals surface area contributed by atoms with Crippen molar-refractivity contribution < 1.29 is 33.0 Å². The number of carboxylic acids is 1. The molecule has 2 amide bonds. The van der Waals surface area contributed by atoms with Crippen molar-refractivity contribution in [2.24, 2.45) is 0 Å². The number of alkyl carbamates (subject to hydrolysis) is 1. The molecule has 0 aliphatic heterocycles. The van der Waals surface area contributed by atoms with Crippen LogP contribution in [0.2, 0.25) is 0 Å². The van der Waals surface area contributed by atoms with Crippen LogP contribution in [0.4, 0.5) is 13.6 Å². The Labute approximate surface area is 196 Å². The smallest absolute Gasteiger partial charge is 0.407 e. The minimum atomic E-state index is -2.97. The Hall–Kier alpha value is -3.49. The largest absolute Gasteiger partial charge is 0.481 e. The summed E-state index contributed by atoms with van der Waals surface area (Å²) in [6, 6.07) is 13.8. The van der Waals surface area contributed by atoms with Gasteiger partial charge in [0.15, 0.2) is 0 Å². The standard InChI is InChI=1S/C25H28F2N2O5/c1-2-29(13-7-12-23(31)32)22(30)14-21(24(26)27)28-25(33)34-15-20-18-10-5-3-8-16(18)17-9-4-6-11-19(17)20/h3-6,8-11,20-21,24H,2,7,12-15H2,1H3,(H,28,33)(H,31,32). The van der Waals surface area contributed by atoms with E-state index in [9.17, 15) is 23.2 Å². The van der Waals surface area contributed by atoms with E-state index in [1.165, 1.54) is 4.90 Å². The minimum absolute atomic E-state index is 0.0277. The number of carboxylic acid groups (broad SMARTS) is 1. The number of nitrogens with zero attached hydrogens (tertiary/aromatic N) is 1. The van der Waals surface area contributed by atoms with E-state index < -0.39 is 36.9 Å². The predicted octanol–water partition coefficient (Wildman–Crippen LogP) is 4.26. The molecule has 0 heterocycles. The second-order valence-corrected chi connectivity index (χ2v) is 8.09. The van der Waals surface area contributed by atoms with Crippen molar-refractivity contribution in [2.45, 2.75) is 44.6 Å². The molecule has 0 aromatic heterocycles. The molecule has 0 fully saturated rings. The van der Waals surface area contributed by atoms with Gasteiger partial charge in [-0.25, -0.2) is 13.6 Å². The summed E-state index contributed by atoms with van der Waals surface area (Å²) in [4.78, 5) is 36.8. The van der Waals surface area contributed by atoms with E-state index in [4.69, 9.17) is 9.84 Å². The molecule has 1 unspecified atom stereocenters. The van der Waals surface area contributed by atoms with Gasteiger partial charge >= 0.3 is 12.1 Å². The van der Waals surface area contributed by atoms with Gasteiger partial charge in [-0.3, -0.25) is 9.59 Å². The van der Waals surface area contributed by atoms with Crippen LogP contribution < -0.4 is 5.32 Å². The molecule has 0 saturated carbocycles. The molecule has 1 aliphatic rings. The number of ether oxygens (including phenoxy) is 1. The molecule has 0 radical (unpaired) electrons. The molecule has 34 heavy (non-hydrogen) atoms. The molecule has 0 saturated heterocycles. The molecular weight excluding hydrogens is 446 g/mol. The number of rotatable bonds is 11. The van der Waals surface area contributed by atoms with Crippen LogP contribution in [0.1, 0.15) is 43.2 Å². The van der Waals surface area contributed by atoms with E-state index in [-0.39, 0.29) is 38.5 Å². The van der Waals surface area contributed by atoms with Crippen molar-refractivity contribution >= 4 is 18.0 Å². The van der Waals surface area contributed by atoms with Crippen LogP contribution in [0, 0.1) is 0 Å². The Bertz CT molecular complexity index is 984. The Balaban J connectivity index is 1.58. The Kier molecular flexibility index (Phi) is 8.56. The fourth-order valence-corrected chi connectivity index (χ4v) is 4.19. The van der Waals surface area contributed by atoms with Crippen LogP contribution in [0.15, 0.2) is 48.5 Å². The van der Waals surface area contributed by atoms with Gasteiger partial charge in [-0.05, 0) is 35.6 Å². The van der Waals surface area contributed by atoms with E-state index in [0.717, 1.165) is 22.3 Å². The van der Waals surface area contributed by atoms with Crippen LogP contribution in [0.3, 0.4) is 0 Å². The van der Waals surface area contributed by atoms with E-state index in [1.54, 1.807) is 6.92 Å². The first-order chi connectivity index (χ1) is 16.3. The number of nitrogens with one attached hydrogen (secondary N) is 1. The summed E-state index contributed by atoms with van der Waals surface area (Å²) in [5.41, 5.74) is 4.09. The van der Waals surface area contributed by atoms with Gasteiger partial charge in [-0.15, -0.1) is 0 Å². The molecule has 0 spiro atoms. The summed E-state index contributed by atoms with van der Waals surface area (Å²) in [5.74, 6) is -1.79. The summed E-state index contributed by atoms with van der Waals surface area (Å²) in [6.07, 6.45) is -4.51. The average molecular weight is 475 g/mol. The van der Waals surface area contributed by atoms with Gasteiger partial charge in [0, 0.05) is 25.4 Å². The quantitative estimate of drug-likeness (QED) is 0.507. The van der Waals surface area contributed by atoms with Crippen LogP contribution in [0.5, 0.6) is 0 Å². The molecule has 2 N–H and O–H groups in total. The topological polar surface area (TPSA) is 95.9 Å². The molecule has 2 aromatic rings. The van der Waals surface area contributed by atoms with Gasteiger partial charge < -0.3 is 20.1 Å². The van der Waals surface area contributed by atoms with Crippen LogP contribution >= 0.6 is 0 Å². The number of hydrogen-bond donors (Lipinski definition) is 2. The van der Waals surface area contributed by atoms with Gasteiger partial charge in [0.05, 0.1) is 6.42 Å². The van der Waals surface area contributed by atoms with Crippen molar-refractivity contribution in [3.8, 4) is 11.1 Å². The first-order valence-electron chi connectivity index (χ1n) is 11.2. The highest BCUT2D eigenvalue weighted by Gasteiger charge is 2.31. The minimum Gasteiger partial charge on any atom is -0.481 e. The van der Waals surface area contributed by atoms with Crippen molar-refractivity contribution in [1.29, 1.82) is 0 Å².